The number of benzene rings is 1. The Balaban J connectivity index is 1.87. The van der Waals surface area contributed by atoms with Crippen LogP contribution in [0.3, 0.4) is 0 Å². The van der Waals surface area contributed by atoms with Gasteiger partial charge in [-0.05, 0) is 30.5 Å². The van der Waals surface area contributed by atoms with Crippen LogP contribution >= 0.6 is 0 Å². The number of ether oxygens (including phenoxy) is 1. The summed E-state index contributed by atoms with van der Waals surface area (Å²) in [4.78, 5) is 2.32. The average molecular weight is 264 g/mol. The van der Waals surface area contributed by atoms with E-state index in [-0.39, 0.29) is 6.10 Å². The van der Waals surface area contributed by atoms with E-state index in [2.05, 4.69) is 16.3 Å². The molecular formula is C15H24N2O2. The molecule has 1 atom stereocenters. The molecule has 19 heavy (non-hydrogen) atoms. The van der Waals surface area contributed by atoms with Crippen LogP contribution in [0.4, 0.5) is 0 Å². The highest BCUT2D eigenvalue weighted by atomic mass is 16.5. The summed E-state index contributed by atoms with van der Waals surface area (Å²) in [5, 5.41) is 13.5. The van der Waals surface area contributed by atoms with Gasteiger partial charge in [0.05, 0.1) is 13.2 Å². The van der Waals surface area contributed by atoms with Crippen molar-refractivity contribution in [3.63, 3.8) is 0 Å². The topological polar surface area (TPSA) is 44.7 Å². The molecule has 0 spiro atoms. The van der Waals surface area contributed by atoms with E-state index in [1.165, 1.54) is 5.56 Å². The molecule has 106 valence electrons. The molecule has 0 aliphatic carbocycles. The molecule has 1 aromatic carbocycles. The molecule has 4 heteroatoms. The Morgan fingerprint density at radius 3 is 2.74 bits per heavy atom. The van der Waals surface area contributed by atoms with Gasteiger partial charge in [-0.2, -0.15) is 0 Å². The second kappa shape index (κ2) is 6.89. The predicted octanol–water partition coefficient (Wildman–Crippen LogP) is 0.812. The van der Waals surface area contributed by atoms with Crippen LogP contribution in [0.2, 0.25) is 0 Å². The minimum atomic E-state index is -0.300. The minimum absolute atomic E-state index is 0.300. The van der Waals surface area contributed by atoms with Crippen molar-refractivity contribution in [3.05, 3.63) is 29.3 Å². The van der Waals surface area contributed by atoms with E-state index in [9.17, 15) is 5.11 Å². The van der Waals surface area contributed by atoms with Gasteiger partial charge in [0.1, 0.15) is 5.75 Å². The van der Waals surface area contributed by atoms with E-state index in [0.29, 0.717) is 6.42 Å². The fourth-order valence-corrected chi connectivity index (χ4v) is 2.60. The molecule has 1 fully saturated rings. The third kappa shape index (κ3) is 4.20. The summed E-state index contributed by atoms with van der Waals surface area (Å²) < 4.78 is 5.25. The number of piperazine rings is 1. The number of hydrogen-bond acceptors (Lipinski definition) is 4. The molecule has 1 saturated heterocycles. The number of β-amino-alcohol motifs (C(OH)–C–C–N with tert-alkyl or cyclic N) is 1. The monoisotopic (exact) mass is 264 g/mol. The van der Waals surface area contributed by atoms with Gasteiger partial charge in [0.25, 0.3) is 0 Å². The molecule has 0 amide bonds. The largest absolute Gasteiger partial charge is 0.496 e. The third-order valence-corrected chi connectivity index (χ3v) is 3.61. The molecule has 1 aliphatic heterocycles. The molecule has 1 heterocycles. The lowest BCUT2D eigenvalue weighted by Gasteiger charge is -2.29. The van der Waals surface area contributed by atoms with E-state index in [0.717, 1.165) is 44.0 Å². The van der Waals surface area contributed by atoms with Crippen molar-refractivity contribution in [2.45, 2.75) is 19.4 Å². The molecular weight excluding hydrogens is 240 g/mol. The summed E-state index contributed by atoms with van der Waals surface area (Å²) in [6.45, 7) is 6.89. The molecule has 2 rings (SSSR count). The molecule has 0 radical (unpaired) electrons. The fourth-order valence-electron chi connectivity index (χ4n) is 2.60. The first-order chi connectivity index (χ1) is 9.19. The number of rotatable bonds is 5. The molecule has 1 aliphatic rings. The van der Waals surface area contributed by atoms with Crippen LogP contribution in [-0.2, 0) is 6.42 Å². The van der Waals surface area contributed by atoms with Crippen molar-refractivity contribution in [1.82, 2.24) is 10.2 Å². The van der Waals surface area contributed by atoms with Crippen LogP contribution in [0.5, 0.6) is 5.75 Å². The zero-order valence-electron chi connectivity index (χ0n) is 11.9. The van der Waals surface area contributed by atoms with Gasteiger partial charge in [-0.1, -0.05) is 12.1 Å². The molecule has 1 aromatic rings. The van der Waals surface area contributed by atoms with Crippen molar-refractivity contribution in [1.29, 1.82) is 0 Å². The van der Waals surface area contributed by atoms with Gasteiger partial charge in [0.2, 0.25) is 0 Å². The number of nitrogens with zero attached hydrogens (tertiary/aromatic N) is 1. The van der Waals surface area contributed by atoms with Crippen LogP contribution < -0.4 is 10.1 Å². The van der Waals surface area contributed by atoms with Crippen molar-refractivity contribution >= 4 is 0 Å². The van der Waals surface area contributed by atoms with Crippen molar-refractivity contribution < 1.29 is 9.84 Å². The summed E-state index contributed by atoms with van der Waals surface area (Å²) >= 11 is 0. The van der Waals surface area contributed by atoms with Crippen molar-refractivity contribution in [2.75, 3.05) is 39.8 Å². The first kappa shape index (κ1) is 14.3. The first-order valence-electron chi connectivity index (χ1n) is 6.93. The lowest BCUT2D eigenvalue weighted by Crippen LogP contribution is -2.46. The zero-order chi connectivity index (χ0) is 13.7. The number of nitrogens with one attached hydrogen (secondary N) is 1. The number of aryl methyl sites for hydroxylation is 1. The van der Waals surface area contributed by atoms with Gasteiger partial charge in [0, 0.05) is 32.7 Å². The van der Waals surface area contributed by atoms with E-state index in [1.807, 2.05) is 19.1 Å². The maximum absolute atomic E-state index is 10.2. The number of aliphatic hydroxyl groups is 1. The predicted molar refractivity (Wildman–Crippen MR) is 76.8 cm³/mol. The summed E-state index contributed by atoms with van der Waals surface area (Å²) in [5.74, 6) is 0.903. The summed E-state index contributed by atoms with van der Waals surface area (Å²) in [5.41, 5.74) is 2.29. The summed E-state index contributed by atoms with van der Waals surface area (Å²) in [7, 11) is 1.68. The highest BCUT2D eigenvalue weighted by Gasteiger charge is 2.14. The van der Waals surface area contributed by atoms with Crippen LogP contribution in [0.25, 0.3) is 0 Å². The van der Waals surface area contributed by atoms with Crippen molar-refractivity contribution in [2.24, 2.45) is 0 Å². The van der Waals surface area contributed by atoms with Gasteiger partial charge in [-0.3, -0.25) is 4.90 Å². The molecule has 4 nitrogen and oxygen atoms in total. The lowest BCUT2D eigenvalue weighted by molar-refractivity contribution is 0.105. The Morgan fingerprint density at radius 1 is 1.37 bits per heavy atom. The molecule has 1 unspecified atom stereocenters. The Bertz CT molecular complexity index is 403. The van der Waals surface area contributed by atoms with Gasteiger partial charge < -0.3 is 15.2 Å². The van der Waals surface area contributed by atoms with Gasteiger partial charge >= 0.3 is 0 Å². The van der Waals surface area contributed by atoms with Gasteiger partial charge in [-0.25, -0.2) is 0 Å². The molecule has 0 aromatic heterocycles. The lowest BCUT2D eigenvalue weighted by atomic mass is 10.0. The number of hydrogen-bond donors (Lipinski definition) is 2. The van der Waals surface area contributed by atoms with E-state index in [4.69, 9.17) is 4.74 Å². The third-order valence-electron chi connectivity index (χ3n) is 3.61. The van der Waals surface area contributed by atoms with Crippen LogP contribution in [0, 0.1) is 6.92 Å². The molecule has 2 N–H and O–H groups in total. The number of aliphatic hydroxyl groups excluding tert-OH is 1. The maximum Gasteiger partial charge on any atom is 0.121 e. The maximum atomic E-state index is 10.2. The first-order valence-corrected chi connectivity index (χ1v) is 6.93. The average Bonchev–Trinajstić information content (AvgIpc) is 2.40. The SMILES string of the molecule is COc1ccc(CC(O)CN2CCNCC2)cc1C. The Labute approximate surface area is 115 Å². The zero-order valence-corrected chi connectivity index (χ0v) is 11.9. The Kier molecular flexibility index (Phi) is 5.19. The molecule has 0 saturated carbocycles. The van der Waals surface area contributed by atoms with Crippen LogP contribution in [0.15, 0.2) is 18.2 Å². The van der Waals surface area contributed by atoms with E-state index in [1.54, 1.807) is 7.11 Å². The number of methoxy groups -OCH3 is 1. The van der Waals surface area contributed by atoms with Gasteiger partial charge in [-0.15, -0.1) is 0 Å². The summed E-state index contributed by atoms with van der Waals surface area (Å²) in [6, 6.07) is 6.11. The van der Waals surface area contributed by atoms with Gasteiger partial charge in [0.15, 0.2) is 0 Å². The smallest absolute Gasteiger partial charge is 0.121 e. The second-order valence-corrected chi connectivity index (χ2v) is 5.21. The quantitative estimate of drug-likeness (QED) is 0.826. The summed E-state index contributed by atoms with van der Waals surface area (Å²) in [6.07, 6.45) is 0.403. The highest BCUT2D eigenvalue weighted by molar-refractivity contribution is 5.36. The van der Waals surface area contributed by atoms with E-state index >= 15 is 0 Å². The van der Waals surface area contributed by atoms with Crippen LogP contribution in [0.1, 0.15) is 11.1 Å². The standard InChI is InChI=1S/C15H24N2O2/c1-12-9-13(3-4-15(12)19-2)10-14(18)11-17-7-5-16-6-8-17/h3-4,9,14,16,18H,5-8,10-11H2,1-2H3. The fraction of sp³-hybridized carbons (Fsp3) is 0.600. The minimum Gasteiger partial charge on any atom is -0.496 e. The van der Waals surface area contributed by atoms with E-state index < -0.39 is 0 Å². The Hall–Kier alpha value is -1.10. The highest BCUT2D eigenvalue weighted by Crippen LogP contribution is 2.19. The second-order valence-electron chi connectivity index (χ2n) is 5.21. The van der Waals surface area contributed by atoms with Crippen LogP contribution in [-0.4, -0.2) is 55.9 Å². The molecule has 0 bridgehead atoms. The van der Waals surface area contributed by atoms with Crippen molar-refractivity contribution in [3.8, 4) is 5.75 Å². The normalized spacial score (nSPS) is 18.3. The Morgan fingerprint density at radius 2 is 2.11 bits per heavy atom.